The smallest absolute Gasteiger partial charge is 0.343 e. The number of aryl methyl sites for hydroxylation is 1. The third-order valence-corrected chi connectivity index (χ3v) is 4.58. The first-order chi connectivity index (χ1) is 14.6. The quantitative estimate of drug-likeness (QED) is 0.509. The molecule has 30 heavy (non-hydrogen) atoms. The molecule has 0 spiro atoms. The zero-order chi connectivity index (χ0) is 21.1. The maximum absolute atomic E-state index is 12.9. The minimum atomic E-state index is -0.566. The monoisotopic (exact) mass is 400 g/mol. The van der Waals surface area contributed by atoms with Gasteiger partial charge in [-0.1, -0.05) is 35.9 Å². The third-order valence-electron chi connectivity index (χ3n) is 4.58. The van der Waals surface area contributed by atoms with Crippen LogP contribution in [-0.4, -0.2) is 33.2 Å². The third kappa shape index (κ3) is 3.77. The molecule has 0 fully saturated rings. The lowest BCUT2D eigenvalue weighted by Gasteiger charge is -2.11. The molecule has 0 aliphatic carbocycles. The Morgan fingerprint density at radius 2 is 1.90 bits per heavy atom. The van der Waals surface area contributed by atoms with Gasteiger partial charge in [0.15, 0.2) is 11.6 Å². The number of nitrogens with one attached hydrogen (secondary N) is 1. The van der Waals surface area contributed by atoms with Crippen LogP contribution in [0.25, 0.3) is 16.7 Å². The minimum absolute atomic E-state index is 0.160. The fraction of sp³-hybridized carbons (Fsp3) is 0.130. The number of fused-ring (bicyclic) bond motifs is 1. The van der Waals surface area contributed by atoms with Gasteiger partial charge in [-0.3, -0.25) is 4.79 Å². The summed E-state index contributed by atoms with van der Waals surface area (Å²) < 4.78 is 6.57. The summed E-state index contributed by atoms with van der Waals surface area (Å²) in [6, 6.07) is 18.6. The molecule has 7 heteroatoms. The number of carbonyl (C=O) groups excluding carboxylic acids is 2. The molecule has 0 atom stereocenters. The lowest BCUT2D eigenvalue weighted by molar-refractivity contribution is 0.0527. The highest BCUT2D eigenvalue weighted by molar-refractivity contribution is 6.07. The van der Waals surface area contributed by atoms with E-state index in [1.807, 2.05) is 43.3 Å². The lowest BCUT2D eigenvalue weighted by atomic mass is 10.1. The molecule has 0 saturated heterocycles. The van der Waals surface area contributed by atoms with Crippen LogP contribution in [-0.2, 0) is 4.74 Å². The van der Waals surface area contributed by atoms with Gasteiger partial charge in [0.05, 0.1) is 18.3 Å². The van der Waals surface area contributed by atoms with Gasteiger partial charge in [-0.25, -0.2) is 9.78 Å². The predicted octanol–water partition coefficient (Wildman–Crippen LogP) is 4.16. The Morgan fingerprint density at radius 3 is 2.70 bits per heavy atom. The number of esters is 1. The molecule has 0 saturated carbocycles. The maximum atomic E-state index is 12.9. The second-order valence-corrected chi connectivity index (χ2v) is 6.72. The Kier molecular flexibility index (Phi) is 5.26. The molecular weight excluding hydrogens is 380 g/mol. The second kappa shape index (κ2) is 8.16. The number of amides is 1. The summed E-state index contributed by atoms with van der Waals surface area (Å²) in [5, 5.41) is 8.08. The van der Waals surface area contributed by atoms with Gasteiger partial charge in [-0.2, -0.15) is 9.78 Å². The highest BCUT2D eigenvalue weighted by Gasteiger charge is 2.22. The Labute approximate surface area is 173 Å². The van der Waals surface area contributed by atoms with Crippen LogP contribution in [0.2, 0.25) is 0 Å². The van der Waals surface area contributed by atoms with Crippen LogP contribution in [0, 0.1) is 6.92 Å². The molecule has 2 aromatic carbocycles. The normalized spacial score (nSPS) is 10.7. The van der Waals surface area contributed by atoms with E-state index in [1.165, 1.54) is 10.9 Å². The topological polar surface area (TPSA) is 86.1 Å². The van der Waals surface area contributed by atoms with Crippen LogP contribution >= 0.6 is 0 Å². The van der Waals surface area contributed by atoms with E-state index in [-0.39, 0.29) is 23.9 Å². The van der Waals surface area contributed by atoms with Crippen molar-refractivity contribution >= 4 is 28.6 Å². The Hall–Kier alpha value is -4.00. The van der Waals surface area contributed by atoms with E-state index >= 15 is 0 Å². The summed E-state index contributed by atoms with van der Waals surface area (Å²) in [5.41, 5.74) is 2.37. The molecular formula is C23H20N4O3. The Bertz CT molecular complexity index is 1250. The summed E-state index contributed by atoms with van der Waals surface area (Å²) in [6.07, 6.45) is 1.38. The fourth-order valence-corrected chi connectivity index (χ4v) is 3.14. The van der Waals surface area contributed by atoms with Crippen LogP contribution in [0.4, 0.5) is 5.82 Å². The van der Waals surface area contributed by atoms with E-state index in [4.69, 9.17) is 4.74 Å². The van der Waals surface area contributed by atoms with Crippen LogP contribution in [0.5, 0.6) is 0 Å². The maximum Gasteiger partial charge on any atom is 0.343 e. The summed E-state index contributed by atoms with van der Waals surface area (Å²) in [4.78, 5) is 29.9. The van der Waals surface area contributed by atoms with Crippen LogP contribution in [0.15, 0.2) is 66.9 Å². The first-order valence-corrected chi connectivity index (χ1v) is 9.56. The van der Waals surface area contributed by atoms with Gasteiger partial charge in [-0.15, -0.1) is 0 Å². The summed E-state index contributed by atoms with van der Waals surface area (Å²) in [5.74, 6) is -0.234. The number of para-hydroxylation sites is 1. The van der Waals surface area contributed by atoms with Gasteiger partial charge in [0.2, 0.25) is 0 Å². The highest BCUT2D eigenvalue weighted by atomic mass is 16.5. The van der Waals surface area contributed by atoms with Gasteiger partial charge in [-0.05, 0) is 44.2 Å². The first-order valence-electron chi connectivity index (χ1n) is 9.56. The number of benzene rings is 2. The Morgan fingerprint density at radius 1 is 1.07 bits per heavy atom. The molecule has 0 unspecified atom stereocenters. The van der Waals surface area contributed by atoms with Crippen LogP contribution < -0.4 is 5.32 Å². The van der Waals surface area contributed by atoms with E-state index in [0.29, 0.717) is 11.4 Å². The average Bonchev–Trinajstić information content (AvgIpc) is 3.17. The number of nitrogens with zero attached hydrogens (tertiary/aromatic N) is 3. The number of rotatable bonds is 5. The summed E-state index contributed by atoms with van der Waals surface area (Å²) >= 11 is 0. The standard InChI is InChI=1S/C23H20N4O3/c1-3-30-23(29)18-14-24-27(20-12-11-16-8-4-5-10-19(16)25-20)21(18)26-22(28)17-9-6-7-15(2)13-17/h4-14H,3H2,1-2H3,(H,26,28). The average molecular weight is 400 g/mol. The van der Waals surface area contributed by atoms with E-state index < -0.39 is 5.97 Å². The van der Waals surface area contributed by atoms with Crippen molar-refractivity contribution in [2.45, 2.75) is 13.8 Å². The molecule has 2 aromatic heterocycles. The molecule has 0 radical (unpaired) electrons. The number of hydrogen-bond donors (Lipinski definition) is 1. The van der Waals surface area contributed by atoms with Gasteiger partial charge >= 0.3 is 5.97 Å². The molecule has 4 aromatic rings. The summed E-state index contributed by atoms with van der Waals surface area (Å²) in [7, 11) is 0. The van der Waals surface area contributed by atoms with Crippen molar-refractivity contribution in [3.05, 3.63) is 83.6 Å². The predicted molar refractivity (Wildman–Crippen MR) is 114 cm³/mol. The van der Waals surface area contributed by atoms with Crippen molar-refractivity contribution in [1.29, 1.82) is 0 Å². The minimum Gasteiger partial charge on any atom is -0.462 e. The largest absolute Gasteiger partial charge is 0.462 e. The van der Waals surface area contributed by atoms with Gasteiger partial charge in [0.25, 0.3) is 5.91 Å². The lowest BCUT2D eigenvalue weighted by Crippen LogP contribution is -2.18. The first kappa shape index (κ1) is 19.3. The van der Waals surface area contributed by atoms with Crippen molar-refractivity contribution < 1.29 is 14.3 Å². The van der Waals surface area contributed by atoms with E-state index in [2.05, 4.69) is 15.4 Å². The van der Waals surface area contributed by atoms with E-state index in [1.54, 1.807) is 31.2 Å². The molecule has 0 bridgehead atoms. The van der Waals surface area contributed by atoms with Gasteiger partial charge < -0.3 is 10.1 Å². The molecule has 0 aliphatic heterocycles. The summed E-state index contributed by atoms with van der Waals surface area (Å²) in [6.45, 7) is 3.84. The molecule has 150 valence electrons. The van der Waals surface area contributed by atoms with Gasteiger partial charge in [0.1, 0.15) is 5.56 Å². The van der Waals surface area contributed by atoms with Crippen LogP contribution in [0.3, 0.4) is 0 Å². The number of carbonyl (C=O) groups is 2. The van der Waals surface area contributed by atoms with Crippen molar-refractivity contribution in [3.63, 3.8) is 0 Å². The van der Waals surface area contributed by atoms with Crippen molar-refractivity contribution in [1.82, 2.24) is 14.8 Å². The Balaban J connectivity index is 1.78. The number of pyridine rings is 1. The molecule has 1 N–H and O–H groups in total. The fourth-order valence-electron chi connectivity index (χ4n) is 3.14. The zero-order valence-corrected chi connectivity index (χ0v) is 16.6. The van der Waals surface area contributed by atoms with Crippen LogP contribution in [0.1, 0.15) is 33.2 Å². The zero-order valence-electron chi connectivity index (χ0n) is 16.6. The second-order valence-electron chi connectivity index (χ2n) is 6.72. The molecule has 2 heterocycles. The van der Waals surface area contributed by atoms with Crippen molar-refractivity contribution in [3.8, 4) is 5.82 Å². The number of hydrogen-bond acceptors (Lipinski definition) is 5. The number of ether oxygens (including phenoxy) is 1. The van der Waals surface area contributed by atoms with Gasteiger partial charge in [0, 0.05) is 10.9 Å². The molecule has 7 nitrogen and oxygen atoms in total. The number of anilines is 1. The molecule has 1 amide bonds. The van der Waals surface area contributed by atoms with E-state index in [9.17, 15) is 9.59 Å². The van der Waals surface area contributed by atoms with E-state index in [0.717, 1.165) is 16.5 Å². The SMILES string of the molecule is CCOC(=O)c1cnn(-c2ccc3ccccc3n2)c1NC(=O)c1cccc(C)c1. The molecule has 0 aliphatic rings. The van der Waals surface area contributed by atoms with Crippen molar-refractivity contribution in [2.24, 2.45) is 0 Å². The molecule has 4 rings (SSSR count). The number of aromatic nitrogens is 3. The van der Waals surface area contributed by atoms with Crippen molar-refractivity contribution in [2.75, 3.05) is 11.9 Å². The highest BCUT2D eigenvalue weighted by Crippen LogP contribution is 2.23.